The number of likely N-dealkylation sites (N-methyl/N-ethyl adjacent to an activating group) is 1. The van der Waals surface area contributed by atoms with Crippen molar-refractivity contribution in [3.8, 4) is 0 Å². The monoisotopic (exact) mass is 315 g/mol. The fourth-order valence-corrected chi connectivity index (χ4v) is 0.629. The molecule has 0 heterocycles. The maximum Gasteiger partial charge on any atom is 0.311 e. The van der Waals surface area contributed by atoms with Crippen molar-refractivity contribution in [1.29, 1.82) is 0 Å². The van der Waals surface area contributed by atoms with Gasteiger partial charge in [0.2, 0.25) is 0 Å². The molecule has 0 N–H and O–H groups in total. The topological polar surface area (TPSA) is 26.3 Å². The van der Waals surface area contributed by atoms with Crippen LogP contribution in [0, 0.1) is 5.41 Å². The average Bonchev–Trinajstić information content (AvgIpc) is 1.82. The minimum atomic E-state index is -0.384. The lowest BCUT2D eigenvalue weighted by molar-refractivity contribution is -0.870. The molecule has 14 heavy (non-hydrogen) atoms. The van der Waals surface area contributed by atoms with Crippen LogP contribution in [-0.2, 0) is 9.53 Å². The lowest BCUT2D eigenvalue weighted by Crippen LogP contribution is -3.00. The molecule has 0 bridgehead atoms. The molecule has 0 saturated heterocycles. The summed E-state index contributed by atoms with van der Waals surface area (Å²) in [6, 6.07) is 0. The van der Waals surface area contributed by atoms with E-state index in [0.717, 1.165) is 11.0 Å². The van der Waals surface area contributed by atoms with E-state index < -0.39 is 0 Å². The standard InChI is InChI=1S/C10H22NO2.HI/c1-10(2,3)9(12)13-8-7-11(4,5)6;/h7-8H2,1-6H3;1H/q+1;/p-1. The van der Waals surface area contributed by atoms with Gasteiger partial charge in [-0.3, -0.25) is 4.79 Å². The Morgan fingerprint density at radius 2 is 1.64 bits per heavy atom. The van der Waals surface area contributed by atoms with Crippen LogP contribution in [0.1, 0.15) is 20.8 Å². The van der Waals surface area contributed by atoms with Gasteiger partial charge < -0.3 is 33.2 Å². The van der Waals surface area contributed by atoms with Crippen molar-refractivity contribution in [2.75, 3.05) is 34.3 Å². The number of esters is 1. The van der Waals surface area contributed by atoms with Gasteiger partial charge in [-0.1, -0.05) is 0 Å². The first-order valence-electron chi connectivity index (χ1n) is 4.60. The van der Waals surface area contributed by atoms with Gasteiger partial charge in [0.25, 0.3) is 0 Å². The maximum absolute atomic E-state index is 11.3. The smallest absolute Gasteiger partial charge is 0.311 e. The molecule has 0 aliphatic carbocycles. The highest BCUT2D eigenvalue weighted by molar-refractivity contribution is 5.75. The third kappa shape index (κ3) is 8.74. The zero-order valence-corrected chi connectivity index (χ0v) is 12.2. The quantitative estimate of drug-likeness (QED) is 0.352. The molecule has 0 aromatic heterocycles. The average molecular weight is 315 g/mol. The number of halogens is 1. The summed E-state index contributed by atoms with van der Waals surface area (Å²) in [6.07, 6.45) is 0. The number of nitrogens with zero attached hydrogens (tertiary/aromatic N) is 1. The van der Waals surface area contributed by atoms with Crippen LogP contribution in [-0.4, -0.2) is 44.7 Å². The molecule has 3 nitrogen and oxygen atoms in total. The SMILES string of the molecule is CC(C)(C)C(=O)OCC[N+](C)(C)C.[I-]. The van der Waals surface area contributed by atoms with E-state index in [0.29, 0.717) is 6.61 Å². The fraction of sp³-hybridized carbons (Fsp3) is 0.900. The van der Waals surface area contributed by atoms with E-state index >= 15 is 0 Å². The van der Waals surface area contributed by atoms with Crippen LogP contribution >= 0.6 is 0 Å². The third-order valence-corrected chi connectivity index (χ3v) is 1.61. The van der Waals surface area contributed by atoms with Crippen molar-refractivity contribution in [2.24, 2.45) is 5.41 Å². The highest BCUT2D eigenvalue weighted by atomic mass is 127. The molecule has 0 aromatic rings. The number of carbonyl (C=O) groups is 1. The van der Waals surface area contributed by atoms with Gasteiger partial charge in [0.1, 0.15) is 13.2 Å². The number of ether oxygens (including phenoxy) is 1. The third-order valence-electron chi connectivity index (χ3n) is 1.61. The summed E-state index contributed by atoms with van der Waals surface area (Å²) in [5, 5.41) is 0. The van der Waals surface area contributed by atoms with Crippen molar-refractivity contribution in [1.82, 2.24) is 0 Å². The van der Waals surface area contributed by atoms with Crippen LogP contribution in [0.25, 0.3) is 0 Å². The number of quaternary nitrogens is 1. The number of hydrogen-bond donors (Lipinski definition) is 0. The van der Waals surface area contributed by atoms with Crippen LogP contribution in [0.3, 0.4) is 0 Å². The van der Waals surface area contributed by atoms with Gasteiger partial charge in [-0.2, -0.15) is 0 Å². The van der Waals surface area contributed by atoms with E-state index in [1.807, 2.05) is 20.8 Å². The molecular weight excluding hydrogens is 293 g/mol. The highest BCUT2D eigenvalue weighted by Gasteiger charge is 2.23. The Bertz CT molecular complexity index is 180. The van der Waals surface area contributed by atoms with E-state index in [2.05, 4.69) is 21.1 Å². The van der Waals surface area contributed by atoms with Crippen molar-refractivity contribution in [2.45, 2.75) is 20.8 Å². The van der Waals surface area contributed by atoms with Gasteiger partial charge in [-0.15, -0.1) is 0 Å². The molecule has 0 radical (unpaired) electrons. The first-order chi connectivity index (χ1) is 5.63. The zero-order valence-electron chi connectivity index (χ0n) is 10.1. The maximum atomic E-state index is 11.3. The predicted octanol–water partition coefficient (Wildman–Crippen LogP) is -1.71. The molecule has 0 aliphatic rings. The molecule has 0 atom stereocenters. The Morgan fingerprint density at radius 3 is 1.93 bits per heavy atom. The molecule has 0 unspecified atom stereocenters. The summed E-state index contributed by atoms with van der Waals surface area (Å²) in [4.78, 5) is 11.3. The van der Waals surface area contributed by atoms with Crippen molar-refractivity contribution < 1.29 is 38.0 Å². The largest absolute Gasteiger partial charge is 1.00 e. The molecule has 86 valence electrons. The number of hydrogen-bond acceptors (Lipinski definition) is 2. The molecule has 4 heteroatoms. The molecule has 0 fully saturated rings. The van der Waals surface area contributed by atoms with Crippen LogP contribution < -0.4 is 24.0 Å². The lowest BCUT2D eigenvalue weighted by atomic mass is 9.97. The van der Waals surface area contributed by atoms with Crippen LogP contribution in [0.15, 0.2) is 0 Å². The summed E-state index contributed by atoms with van der Waals surface area (Å²) in [5.41, 5.74) is -0.384. The first kappa shape index (κ1) is 16.6. The second-order valence-electron chi connectivity index (χ2n) is 5.40. The summed E-state index contributed by atoms with van der Waals surface area (Å²) in [5.74, 6) is -0.124. The van der Waals surface area contributed by atoms with Gasteiger partial charge in [0.15, 0.2) is 0 Å². The summed E-state index contributed by atoms with van der Waals surface area (Å²) in [6.45, 7) is 6.94. The van der Waals surface area contributed by atoms with Gasteiger partial charge in [-0.25, -0.2) is 0 Å². The molecule has 0 aromatic carbocycles. The van der Waals surface area contributed by atoms with Gasteiger partial charge in [0, 0.05) is 0 Å². The van der Waals surface area contributed by atoms with Gasteiger partial charge in [-0.05, 0) is 20.8 Å². The normalized spacial score (nSPS) is 11.9. The van der Waals surface area contributed by atoms with Gasteiger partial charge >= 0.3 is 5.97 Å². The van der Waals surface area contributed by atoms with E-state index in [-0.39, 0.29) is 35.4 Å². The second-order valence-corrected chi connectivity index (χ2v) is 5.40. The molecular formula is C10H22INO2. The first-order valence-corrected chi connectivity index (χ1v) is 4.60. The summed E-state index contributed by atoms with van der Waals surface area (Å²) >= 11 is 0. The predicted molar refractivity (Wildman–Crippen MR) is 53.3 cm³/mol. The van der Waals surface area contributed by atoms with Crippen LogP contribution in [0.5, 0.6) is 0 Å². The van der Waals surface area contributed by atoms with E-state index in [4.69, 9.17) is 4.74 Å². The van der Waals surface area contributed by atoms with E-state index in [1.54, 1.807) is 0 Å². The summed E-state index contributed by atoms with van der Waals surface area (Å²) < 4.78 is 5.94. The van der Waals surface area contributed by atoms with Crippen molar-refractivity contribution in [3.63, 3.8) is 0 Å². The molecule has 0 aliphatic heterocycles. The Balaban J connectivity index is 0. The van der Waals surface area contributed by atoms with Crippen molar-refractivity contribution in [3.05, 3.63) is 0 Å². The molecule has 0 rings (SSSR count). The summed E-state index contributed by atoms with van der Waals surface area (Å²) in [7, 11) is 6.22. The second kappa shape index (κ2) is 5.90. The zero-order chi connectivity index (χ0) is 10.7. The number of carbonyl (C=O) groups excluding carboxylic acids is 1. The van der Waals surface area contributed by atoms with E-state index in [1.165, 1.54) is 0 Å². The molecule has 0 saturated carbocycles. The Morgan fingerprint density at radius 1 is 1.21 bits per heavy atom. The van der Waals surface area contributed by atoms with Crippen LogP contribution in [0.4, 0.5) is 0 Å². The lowest BCUT2D eigenvalue weighted by Gasteiger charge is -2.24. The minimum Gasteiger partial charge on any atom is -1.00 e. The molecule has 0 spiro atoms. The Hall–Kier alpha value is 0.160. The number of rotatable bonds is 3. The fourth-order valence-electron chi connectivity index (χ4n) is 0.629. The Kier molecular flexibility index (Phi) is 6.99. The molecule has 0 amide bonds. The Labute approximate surface area is 104 Å². The highest BCUT2D eigenvalue weighted by Crippen LogP contribution is 2.14. The minimum absolute atomic E-state index is 0. The van der Waals surface area contributed by atoms with E-state index in [9.17, 15) is 4.79 Å². The van der Waals surface area contributed by atoms with Crippen molar-refractivity contribution >= 4 is 5.97 Å². The van der Waals surface area contributed by atoms with Crippen LogP contribution in [0.2, 0.25) is 0 Å². The van der Waals surface area contributed by atoms with Gasteiger partial charge in [0.05, 0.1) is 26.6 Å².